The molecule has 0 spiro atoms. The first kappa shape index (κ1) is 12.6. The maximum absolute atomic E-state index is 6.05. The number of nitrogens with one attached hydrogen (secondary N) is 1. The third-order valence-electron chi connectivity index (χ3n) is 2.79. The SMILES string of the molecule is CNCC(Oc1cccnc1C)c1ccccc1. The third-order valence-corrected chi connectivity index (χ3v) is 2.79. The van der Waals surface area contributed by atoms with Crippen molar-refractivity contribution in [3.05, 3.63) is 59.9 Å². The summed E-state index contributed by atoms with van der Waals surface area (Å²) < 4.78 is 6.05. The fourth-order valence-electron chi connectivity index (χ4n) is 1.83. The van der Waals surface area contributed by atoms with Gasteiger partial charge in [0.15, 0.2) is 0 Å². The van der Waals surface area contributed by atoms with E-state index in [1.165, 1.54) is 0 Å². The number of rotatable bonds is 5. The first-order valence-electron chi connectivity index (χ1n) is 6.09. The molecular formula is C15H18N2O. The largest absolute Gasteiger partial charge is 0.482 e. The lowest BCUT2D eigenvalue weighted by atomic mass is 10.1. The van der Waals surface area contributed by atoms with E-state index in [-0.39, 0.29) is 6.10 Å². The zero-order valence-corrected chi connectivity index (χ0v) is 10.8. The lowest BCUT2D eigenvalue weighted by Crippen LogP contribution is -2.22. The van der Waals surface area contributed by atoms with Gasteiger partial charge in [-0.05, 0) is 31.7 Å². The standard InChI is InChI=1S/C15H18N2O/c1-12-14(9-6-10-17-12)18-15(11-16-2)13-7-4-3-5-8-13/h3-10,15-16H,11H2,1-2H3. The van der Waals surface area contributed by atoms with E-state index in [0.29, 0.717) is 0 Å². The molecule has 2 aromatic rings. The van der Waals surface area contributed by atoms with Gasteiger partial charge in [-0.25, -0.2) is 0 Å². The molecular weight excluding hydrogens is 224 g/mol. The number of nitrogens with zero attached hydrogens (tertiary/aromatic N) is 1. The Morgan fingerprint density at radius 1 is 1.17 bits per heavy atom. The Morgan fingerprint density at radius 3 is 2.61 bits per heavy atom. The Labute approximate surface area is 108 Å². The van der Waals surface area contributed by atoms with Crippen LogP contribution in [0.3, 0.4) is 0 Å². The number of aromatic nitrogens is 1. The van der Waals surface area contributed by atoms with Crippen molar-refractivity contribution in [3.63, 3.8) is 0 Å². The molecule has 0 aliphatic heterocycles. The van der Waals surface area contributed by atoms with Gasteiger partial charge in [0.1, 0.15) is 11.9 Å². The lowest BCUT2D eigenvalue weighted by Gasteiger charge is -2.20. The van der Waals surface area contributed by atoms with Crippen LogP contribution in [0.2, 0.25) is 0 Å². The van der Waals surface area contributed by atoms with E-state index in [2.05, 4.69) is 22.4 Å². The van der Waals surface area contributed by atoms with Crippen molar-refractivity contribution in [1.82, 2.24) is 10.3 Å². The van der Waals surface area contributed by atoms with Gasteiger partial charge in [0.2, 0.25) is 0 Å². The van der Waals surface area contributed by atoms with Gasteiger partial charge in [-0.15, -0.1) is 0 Å². The Bertz CT molecular complexity index is 485. The van der Waals surface area contributed by atoms with Gasteiger partial charge in [-0.2, -0.15) is 0 Å². The molecule has 0 saturated heterocycles. The van der Waals surface area contributed by atoms with Gasteiger partial charge in [-0.1, -0.05) is 30.3 Å². The molecule has 0 saturated carbocycles. The predicted octanol–water partition coefficient (Wildman–Crippen LogP) is 2.73. The Morgan fingerprint density at radius 2 is 1.94 bits per heavy atom. The molecule has 0 aliphatic carbocycles. The Balaban J connectivity index is 2.19. The summed E-state index contributed by atoms with van der Waals surface area (Å²) >= 11 is 0. The van der Waals surface area contributed by atoms with Gasteiger partial charge < -0.3 is 10.1 Å². The fourth-order valence-corrected chi connectivity index (χ4v) is 1.83. The van der Waals surface area contributed by atoms with Crippen LogP contribution in [0.5, 0.6) is 5.75 Å². The van der Waals surface area contributed by atoms with E-state index in [1.807, 2.05) is 44.3 Å². The van der Waals surface area contributed by atoms with Crippen molar-refractivity contribution in [2.75, 3.05) is 13.6 Å². The predicted molar refractivity (Wildman–Crippen MR) is 72.7 cm³/mol. The molecule has 1 heterocycles. The lowest BCUT2D eigenvalue weighted by molar-refractivity contribution is 0.202. The second-order valence-electron chi connectivity index (χ2n) is 4.16. The van der Waals surface area contributed by atoms with Crippen LogP contribution in [-0.4, -0.2) is 18.6 Å². The molecule has 3 nitrogen and oxygen atoms in total. The summed E-state index contributed by atoms with van der Waals surface area (Å²) in [6, 6.07) is 14.1. The molecule has 2 rings (SSSR count). The Hall–Kier alpha value is -1.87. The minimum Gasteiger partial charge on any atom is -0.482 e. The van der Waals surface area contributed by atoms with Crippen molar-refractivity contribution in [2.24, 2.45) is 0 Å². The van der Waals surface area contributed by atoms with Gasteiger partial charge in [-0.3, -0.25) is 4.98 Å². The molecule has 0 radical (unpaired) electrons. The average Bonchev–Trinajstić information content (AvgIpc) is 2.42. The normalized spacial score (nSPS) is 12.1. The Kier molecular flexibility index (Phi) is 4.31. The van der Waals surface area contributed by atoms with Crippen LogP contribution in [0.15, 0.2) is 48.7 Å². The average molecular weight is 242 g/mol. The third kappa shape index (κ3) is 3.08. The molecule has 1 aromatic carbocycles. The number of aryl methyl sites for hydroxylation is 1. The summed E-state index contributed by atoms with van der Waals surface area (Å²) in [7, 11) is 1.93. The van der Waals surface area contributed by atoms with E-state index < -0.39 is 0 Å². The summed E-state index contributed by atoms with van der Waals surface area (Å²) in [5.41, 5.74) is 2.07. The monoisotopic (exact) mass is 242 g/mol. The van der Waals surface area contributed by atoms with Crippen molar-refractivity contribution >= 4 is 0 Å². The van der Waals surface area contributed by atoms with E-state index in [0.717, 1.165) is 23.6 Å². The van der Waals surface area contributed by atoms with E-state index in [9.17, 15) is 0 Å². The molecule has 1 aromatic heterocycles. The highest BCUT2D eigenvalue weighted by Gasteiger charge is 2.13. The molecule has 0 bridgehead atoms. The van der Waals surface area contributed by atoms with Gasteiger partial charge >= 0.3 is 0 Å². The summed E-state index contributed by atoms with van der Waals surface area (Å²) in [4.78, 5) is 4.24. The first-order chi connectivity index (χ1) is 8.81. The number of hydrogen-bond donors (Lipinski definition) is 1. The van der Waals surface area contributed by atoms with Crippen LogP contribution < -0.4 is 10.1 Å². The van der Waals surface area contributed by atoms with Crippen LogP contribution >= 0.6 is 0 Å². The fraction of sp³-hybridized carbons (Fsp3) is 0.267. The molecule has 1 unspecified atom stereocenters. The smallest absolute Gasteiger partial charge is 0.141 e. The minimum atomic E-state index is -0.000833. The topological polar surface area (TPSA) is 34.1 Å². The minimum absolute atomic E-state index is 0.000833. The molecule has 94 valence electrons. The van der Waals surface area contributed by atoms with Crippen LogP contribution in [0.4, 0.5) is 0 Å². The number of hydrogen-bond acceptors (Lipinski definition) is 3. The van der Waals surface area contributed by atoms with Crippen molar-refractivity contribution in [3.8, 4) is 5.75 Å². The van der Waals surface area contributed by atoms with E-state index >= 15 is 0 Å². The number of pyridine rings is 1. The van der Waals surface area contributed by atoms with Crippen molar-refractivity contribution in [2.45, 2.75) is 13.0 Å². The first-order valence-corrected chi connectivity index (χ1v) is 6.09. The molecule has 3 heteroatoms. The zero-order valence-electron chi connectivity index (χ0n) is 10.8. The van der Waals surface area contributed by atoms with Crippen LogP contribution in [-0.2, 0) is 0 Å². The molecule has 0 aliphatic rings. The molecule has 0 fully saturated rings. The quantitative estimate of drug-likeness (QED) is 0.875. The van der Waals surface area contributed by atoms with Crippen molar-refractivity contribution in [1.29, 1.82) is 0 Å². The maximum atomic E-state index is 6.05. The summed E-state index contributed by atoms with van der Waals surface area (Å²) in [5, 5.41) is 3.16. The zero-order chi connectivity index (χ0) is 12.8. The highest BCUT2D eigenvalue weighted by molar-refractivity contribution is 5.27. The van der Waals surface area contributed by atoms with Gasteiger partial charge in [0, 0.05) is 12.7 Å². The highest BCUT2D eigenvalue weighted by atomic mass is 16.5. The summed E-state index contributed by atoms with van der Waals surface area (Å²) in [5.74, 6) is 0.835. The summed E-state index contributed by atoms with van der Waals surface area (Å²) in [6.45, 7) is 2.72. The maximum Gasteiger partial charge on any atom is 0.141 e. The van der Waals surface area contributed by atoms with Gasteiger partial charge in [0.25, 0.3) is 0 Å². The molecule has 0 amide bonds. The second-order valence-corrected chi connectivity index (χ2v) is 4.16. The number of likely N-dealkylation sites (N-methyl/N-ethyl adjacent to an activating group) is 1. The second kappa shape index (κ2) is 6.17. The molecule has 18 heavy (non-hydrogen) atoms. The van der Waals surface area contributed by atoms with Gasteiger partial charge in [0.05, 0.1) is 5.69 Å². The molecule has 1 N–H and O–H groups in total. The van der Waals surface area contributed by atoms with Crippen LogP contribution in [0.25, 0.3) is 0 Å². The van der Waals surface area contributed by atoms with E-state index in [4.69, 9.17) is 4.74 Å². The summed E-state index contributed by atoms with van der Waals surface area (Å²) in [6.07, 6.45) is 1.77. The highest BCUT2D eigenvalue weighted by Crippen LogP contribution is 2.23. The number of benzene rings is 1. The van der Waals surface area contributed by atoms with Crippen molar-refractivity contribution < 1.29 is 4.74 Å². The van der Waals surface area contributed by atoms with Crippen LogP contribution in [0, 0.1) is 6.92 Å². The number of ether oxygens (including phenoxy) is 1. The molecule has 1 atom stereocenters. The van der Waals surface area contributed by atoms with Crippen LogP contribution in [0.1, 0.15) is 17.4 Å². The van der Waals surface area contributed by atoms with E-state index in [1.54, 1.807) is 6.20 Å².